The van der Waals surface area contributed by atoms with E-state index in [1.807, 2.05) is 0 Å². The Bertz CT molecular complexity index is 442. The molecule has 0 aromatic carbocycles. The lowest BCUT2D eigenvalue weighted by molar-refractivity contribution is 0.0951. The van der Waals surface area contributed by atoms with Gasteiger partial charge < -0.3 is 10.3 Å². The number of carbonyl (C=O) groups is 1. The maximum atomic E-state index is 11.7. The minimum atomic E-state index is -0.231. The molecule has 1 aromatic rings. The zero-order valence-corrected chi connectivity index (χ0v) is 11.7. The first-order chi connectivity index (χ1) is 8.28. The zero-order chi connectivity index (χ0) is 13.8. The molecule has 4 nitrogen and oxygen atoms in total. The molecule has 0 aliphatic carbocycles. The summed E-state index contributed by atoms with van der Waals surface area (Å²) in [4.78, 5) is 25.1. The van der Waals surface area contributed by atoms with E-state index in [0.29, 0.717) is 12.1 Å². The smallest absolute Gasteiger partial charge is 0.252 e. The molecule has 100 valence electrons. The van der Waals surface area contributed by atoms with Crippen molar-refractivity contribution in [2.45, 2.75) is 32.6 Å². The van der Waals surface area contributed by atoms with Gasteiger partial charge in [-0.15, -0.1) is 11.6 Å². The quantitative estimate of drug-likeness (QED) is 0.824. The Kier molecular flexibility index (Phi) is 4.96. The van der Waals surface area contributed by atoms with E-state index < -0.39 is 0 Å². The van der Waals surface area contributed by atoms with Crippen molar-refractivity contribution in [1.82, 2.24) is 10.3 Å². The molecule has 0 saturated carbocycles. The van der Waals surface area contributed by atoms with Gasteiger partial charge in [-0.25, -0.2) is 0 Å². The van der Waals surface area contributed by atoms with Crippen molar-refractivity contribution in [2.24, 2.45) is 5.41 Å². The second-order valence-electron chi connectivity index (χ2n) is 5.51. The van der Waals surface area contributed by atoms with Gasteiger partial charge in [0, 0.05) is 18.8 Å². The molecular weight excluding hydrogens is 252 g/mol. The predicted octanol–water partition coefficient (Wildman–Crippen LogP) is 2.15. The lowest BCUT2D eigenvalue weighted by atomic mass is 9.90. The highest BCUT2D eigenvalue weighted by atomic mass is 35.5. The Labute approximate surface area is 112 Å². The summed E-state index contributed by atoms with van der Waals surface area (Å²) in [5.41, 5.74) is 0.332. The molecule has 5 heteroatoms. The van der Waals surface area contributed by atoms with Gasteiger partial charge in [0.15, 0.2) is 0 Å². The summed E-state index contributed by atoms with van der Waals surface area (Å²) in [5, 5.41) is 2.65. The van der Waals surface area contributed by atoms with Gasteiger partial charge in [0.25, 0.3) is 5.91 Å². The van der Waals surface area contributed by atoms with Crippen LogP contribution in [0.2, 0.25) is 0 Å². The molecule has 0 fully saturated rings. The fraction of sp³-hybridized carbons (Fsp3) is 0.538. The van der Waals surface area contributed by atoms with Crippen molar-refractivity contribution in [2.75, 3.05) is 6.54 Å². The molecule has 2 N–H and O–H groups in total. The van der Waals surface area contributed by atoms with E-state index in [9.17, 15) is 9.59 Å². The third kappa shape index (κ3) is 5.36. The topological polar surface area (TPSA) is 62.0 Å². The third-order valence-electron chi connectivity index (χ3n) is 2.36. The number of pyridine rings is 1. The molecule has 1 rings (SSSR count). The maximum absolute atomic E-state index is 11.7. The maximum Gasteiger partial charge on any atom is 0.252 e. The van der Waals surface area contributed by atoms with Gasteiger partial charge >= 0.3 is 0 Å². The average molecular weight is 271 g/mol. The number of rotatable bonds is 4. The number of halogens is 1. The van der Waals surface area contributed by atoms with Crippen LogP contribution in [0.25, 0.3) is 0 Å². The molecule has 1 aromatic heterocycles. The van der Waals surface area contributed by atoms with Crippen LogP contribution in [0, 0.1) is 5.41 Å². The van der Waals surface area contributed by atoms with Gasteiger partial charge in [0.05, 0.1) is 10.9 Å². The van der Waals surface area contributed by atoms with Crippen LogP contribution in [-0.2, 0) is 0 Å². The van der Waals surface area contributed by atoms with E-state index in [2.05, 4.69) is 31.1 Å². The van der Waals surface area contributed by atoms with Crippen molar-refractivity contribution >= 4 is 17.5 Å². The Morgan fingerprint density at radius 2 is 2.11 bits per heavy atom. The average Bonchev–Trinajstić information content (AvgIpc) is 2.24. The zero-order valence-electron chi connectivity index (χ0n) is 10.9. The van der Waals surface area contributed by atoms with Crippen LogP contribution < -0.4 is 10.9 Å². The summed E-state index contributed by atoms with van der Waals surface area (Å²) in [5.74, 6) is -0.231. The van der Waals surface area contributed by atoms with Crippen LogP contribution in [0.5, 0.6) is 0 Å². The Balaban J connectivity index is 2.46. The normalized spacial score (nSPS) is 13.1. The van der Waals surface area contributed by atoms with Crippen molar-refractivity contribution in [3.05, 3.63) is 34.2 Å². The molecule has 0 spiro atoms. The van der Waals surface area contributed by atoms with Crippen LogP contribution in [0.1, 0.15) is 37.6 Å². The standard InChI is InChI=1S/C13H19ClN2O2/c1-13(2,3)6-10(14)8-16-12(18)9-4-5-11(17)15-7-9/h4-5,7,10H,6,8H2,1-3H3,(H,15,17)(H,16,18). The molecule has 0 aliphatic heterocycles. The molecule has 0 aliphatic rings. The van der Waals surface area contributed by atoms with Crippen molar-refractivity contribution in [3.8, 4) is 0 Å². The molecule has 18 heavy (non-hydrogen) atoms. The number of aromatic nitrogens is 1. The Hall–Kier alpha value is -1.29. The predicted molar refractivity (Wildman–Crippen MR) is 73.1 cm³/mol. The lowest BCUT2D eigenvalue weighted by Crippen LogP contribution is -2.31. The van der Waals surface area contributed by atoms with Crippen LogP contribution in [0.4, 0.5) is 0 Å². The number of hydrogen-bond donors (Lipinski definition) is 2. The van der Waals surface area contributed by atoms with E-state index in [0.717, 1.165) is 6.42 Å². The number of amides is 1. The summed E-state index contributed by atoms with van der Waals surface area (Å²) in [6.45, 7) is 6.72. The van der Waals surface area contributed by atoms with E-state index in [-0.39, 0.29) is 22.3 Å². The summed E-state index contributed by atoms with van der Waals surface area (Å²) in [7, 11) is 0. The van der Waals surface area contributed by atoms with Crippen LogP contribution in [0.15, 0.2) is 23.1 Å². The third-order valence-corrected chi connectivity index (χ3v) is 2.67. The summed E-state index contributed by atoms with van der Waals surface area (Å²) >= 11 is 6.15. The molecule has 0 radical (unpaired) electrons. The van der Waals surface area contributed by atoms with E-state index >= 15 is 0 Å². The first-order valence-corrected chi connectivity index (χ1v) is 6.32. The number of carbonyl (C=O) groups excluding carboxylic acids is 1. The van der Waals surface area contributed by atoms with Crippen LogP contribution in [-0.4, -0.2) is 22.8 Å². The summed E-state index contributed by atoms with van der Waals surface area (Å²) in [6.07, 6.45) is 2.21. The number of nitrogens with one attached hydrogen (secondary N) is 2. The number of H-pyrrole nitrogens is 1. The highest BCUT2D eigenvalue weighted by molar-refractivity contribution is 6.21. The molecule has 1 heterocycles. The fourth-order valence-corrected chi connectivity index (χ4v) is 2.13. The molecule has 1 unspecified atom stereocenters. The number of aromatic amines is 1. The first kappa shape index (κ1) is 14.8. The first-order valence-electron chi connectivity index (χ1n) is 5.89. The van der Waals surface area contributed by atoms with Crippen LogP contribution in [0.3, 0.4) is 0 Å². The Morgan fingerprint density at radius 1 is 1.44 bits per heavy atom. The van der Waals surface area contributed by atoms with Crippen molar-refractivity contribution < 1.29 is 4.79 Å². The lowest BCUT2D eigenvalue weighted by Gasteiger charge is -2.21. The second kappa shape index (κ2) is 6.05. The fourth-order valence-electron chi connectivity index (χ4n) is 1.59. The van der Waals surface area contributed by atoms with Gasteiger partial charge in [-0.2, -0.15) is 0 Å². The van der Waals surface area contributed by atoms with E-state index in [4.69, 9.17) is 11.6 Å². The van der Waals surface area contributed by atoms with E-state index in [1.54, 1.807) is 0 Å². The Morgan fingerprint density at radius 3 is 2.61 bits per heavy atom. The SMILES string of the molecule is CC(C)(C)CC(Cl)CNC(=O)c1ccc(=O)[nH]c1. The van der Waals surface area contributed by atoms with Crippen molar-refractivity contribution in [3.63, 3.8) is 0 Å². The molecule has 1 amide bonds. The van der Waals surface area contributed by atoms with Crippen LogP contribution >= 0.6 is 11.6 Å². The van der Waals surface area contributed by atoms with Gasteiger partial charge in [-0.3, -0.25) is 9.59 Å². The molecule has 0 saturated heterocycles. The summed E-state index contributed by atoms with van der Waals surface area (Å²) in [6, 6.07) is 2.81. The van der Waals surface area contributed by atoms with E-state index in [1.165, 1.54) is 18.3 Å². The minimum Gasteiger partial charge on any atom is -0.351 e. The van der Waals surface area contributed by atoms with Gasteiger partial charge in [0.2, 0.25) is 5.56 Å². The highest BCUT2D eigenvalue weighted by Gasteiger charge is 2.17. The summed E-state index contributed by atoms with van der Waals surface area (Å²) < 4.78 is 0. The largest absolute Gasteiger partial charge is 0.351 e. The molecular formula is C13H19ClN2O2. The van der Waals surface area contributed by atoms with Crippen molar-refractivity contribution in [1.29, 1.82) is 0 Å². The van der Waals surface area contributed by atoms with Gasteiger partial charge in [-0.05, 0) is 17.9 Å². The highest BCUT2D eigenvalue weighted by Crippen LogP contribution is 2.23. The molecule has 1 atom stereocenters. The number of alkyl halides is 1. The number of hydrogen-bond acceptors (Lipinski definition) is 2. The molecule has 0 bridgehead atoms. The van der Waals surface area contributed by atoms with Gasteiger partial charge in [-0.1, -0.05) is 20.8 Å². The van der Waals surface area contributed by atoms with Gasteiger partial charge in [0.1, 0.15) is 0 Å². The second-order valence-corrected chi connectivity index (χ2v) is 6.13. The minimum absolute atomic E-state index is 0.100. The monoisotopic (exact) mass is 270 g/mol.